The summed E-state index contributed by atoms with van der Waals surface area (Å²) in [5.74, 6) is 5.61. The summed E-state index contributed by atoms with van der Waals surface area (Å²) in [6, 6.07) is -0.463. The topological polar surface area (TPSA) is 82.0 Å². The van der Waals surface area contributed by atoms with E-state index >= 15 is 0 Å². The highest BCUT2D eigenvalue weighted by atomic mass is 127. The fourth-order valence-electron chi connectivity index (χ4n) is 2.99. The summed E-state index contributed by atoms with van der Waals surface area (Å²) in [5.41, 5.74) is 0.949. The van der Waals surface area contributed by atoms with E-state index in [0.717, 1.165) is 12.8 Å². The summed E-state index contributed by atoms with van der Waals surface area (Å²) in [5, 5.41) is 23.5. The molecule has 25 heavy (non-hydrogen) atoms. The maximum absolute atomic E-state index is 12.3. The maximum atomic E-state index is 12.3. The number of ether oxygens (including phenoxy) is 1. The molecule has 0 spiro atoms. The molecule has 2 rings (SSSR count). The number of hydrogen-bond donors (Lipinski definition) is 3. The largest absolute Gasteiger partial charge is 0.388 e. The number of rotatable bonds is 5. The van der Waals surface area contributed by atoms with Crippen molar-refractivity contribution in [2.45, 2.75) is 68.0 Å². The van der Waals surface area contributed by atoms with Gasteiger partial charge in [0, 0.05) is 9.62 Å². The molecule has 7 heteroatoms. The number of halogens is 1. The molecular formula is C18H25IN2O4. The average Bonchev–Trinajstić information content (AvgIpc) is 2.85. The second-order valence-corrected chi connectivity index (χ2v) is 8.63. The molecule has 2 aliphatic rings. The summed E-state index contributed by atoms with van der Waals surface area (Å²) in [6.45, 7) is 9.63. The molecule has 0 radical (unpaired) electrons. The zero-order chi connectivity index (χ0) is 18.8. The number of nitrogens with zero attached hydrogens (tertiary/aromatic N) is 1. The van der Waals surface area contributed by atoms with Gasteiger partial charge < -0.3 is 20.3 Å². The van der Waals surface area contributed by atoms with Gasteiger partial charge in [-0.25, -0.2) is 4.79 Å². The average molecular weight is 460 g/mol. The van der Waals surface area contributed by atoms with Gasteiger partial charge in [0.05, 0.1) is 17.4 Å². The van der Waals surface area contributed by atoms with Crippen molar-refractivity contribution >= 4 is 28.6 Å². The fraction of sp³-hybridized carbons (Fsp3) is 0.611. The number of amides is 2. The molecule has 1 fully saturated rings. The second-order valence-electron chi connectivity index (χ2n) is 6.34. The Balaban J connectivity index is 2.23. The van der Waals surface area contributed by atoms with Crippen molar-refractivity contribution < 1.29 is 19.7 Å². The first-order valence-corrected chi connectivity index (χ1v) is 9.48. The van der Waals surface area contributed by atoms with Crippen molar-refractivity contribution in [2.24, 2.45) is 0 Å². The van der Waals surface area contributed by atoms with Crippen LogP contribution in [0.1, 0.15) is 40.0 Å². The van der Waals surface area contributed by atoms with Crippen LogP contribution >= 0.6 is 22.6 Å². The van der Waals surface area contributed by atoms with E-state index in [1.54, 1.807) is 6.92 Å². The van der Waals surface area contributed by atoms with Crippen molar-refractivity contribution in [3.63, 3.8) is 0 Å². The molecule has 6 nitrogen and oxygen atoms in total. The summed E-state index contributed by atoms with van der Waals surface area (Å²) < 4.78 is 5.87. The number of allylic oxidation sites excluding steroid dienone is 1. The number of urea groups is 1. The first-order valence-electron chi connectivity index (χ1n) is 8.40. The van der Waals surface area contributed by atoms with Crippen LogP contribution in [0.2, 0.25) is 0 Å². The van der Waals surface area contributed by atoms with Crippen LogP contribution in [0.25, 0.3) is 0 Å². The molecule has 0 saturated carbocycles. The van der Waals surface area contributed by atoms with Crippen molar-refractivity contribution in [1.82, 2.24) is 10.2 Å². The van der Waals surface area contributed by atoms with Crippen molar-refractivity contribution in [1.29, 1.82) is 0 Å². The van der Waals surface area contributed by atoms with Gasteiger partial charge in [0.1, 0.15) is 12.2 Å². The van der Waals surface area contributed by atoms with Gasteiger partial charge in [-0.05, 0) is 26.2 Å². The van der Waals surface area contributed by atoms with E-state index in [-0.39, 0.29) is 3.42 Å². The Labute approximate surface area is 162 Å². The highest BCUT2D eigenvalue weighted by Crippen LogP contribution is 2.38. The van der Waals surface area contributed by atoms with Crippen LogP contribution in [-0.2, 0) is 4.74 Å². The normalized spacial score (nSPS) is 29.8. The number of aliphatic hydroxyl groups excluding tert-OH is 2. The van der Waals surface area contributed by atoms with E-state index < -0.39 is 30.6 Å². The number of carbonyl (C=O) groups is 1. The van der Waals surface area contributed by atoms with Crippen LogP contribution in [-0.4, -0.2) is 49.1 Å². The molecule has 4 atom stereocenters. The van der Waals surface area contributed by atoms with Crippen molar-refractivity contribution in [3.8, 4) is 11.8 Å². The second kappa shape index (κ2) is 8.08. The van der Waals surface area contributed by atoms with E-state index in [0.29, 0.717) is 17.7 Å². The summed E-state index contributed by atoms with van der Waals surface area (Å²) >= 11 is 2.38. The fourth-order valence-corrected chi connectivity index (χ4v) is 3.43. The molecule has 3 N–H and O–H groups in total. The minimum absolute atomic E-state index is 0.0227. The molecular weight excluding hydrogens is 435 g/mol. The molecule has 2 amide bonds. The van der Waals surface area contributed by atoms with Gasteiger partial charge in [-0.3, -0.25) is 4.90 Å². The van der Waals surface area contributed by atoms with Crippen molar-refractivity contribution in [2.75, 3.05) is 0 Å². The van der Waals surface area contributed by atoms with Gasteiger partial charge in [-0.2, -0.15) is 0 Å². The highest BCUT2D eigenvalue weighted by Gasteiger charge is 2.49. The Morgan fingerprint density at radius 2 is 2.04 bits per heavy atom. The van der Waals surface area contributed by atoms with Crippen LogP contribution in [0.4, 0.5) is 4.79 Å². The number of aliphatic hydroxyl groups is 2. The molecule has 1 saturated heterocycles. The molecule has 0 aromatic heterocycles. The minimum atomic E-state index is -1.19. The predicted molar refractivity (Wildman–Crippen MR) is 104 cm³/mol. The van der Waals surface area contributed by atoms with E-state index in [2.05, 4.69) is 60.2 Å². The zero-order valence-corrected chi connectivity index (χ0v) is 16.9. The van der Waals surface area contributed by atoms with Gasteiger partial charge in [0.2, 0.25) is 0 Å². The summed E-state index contributed by atoms with van der Waals surface area (Å²) in [4.78, 5) is 13.5. The quantitative estimate of drug-likeness (QED) is 0.334. The lowest BCUT2D eigenvalue weighted by molar-refractivity contribution is -0.0566. The first kappa shape index (κ1) is 20.2. The van der Waals surface area contributed by atoms with Gasteiger partial charge >= 0.3 is 6.03 Å². The van der Waals surface area contributed by atoms with Crippen LogP contribution in [0, 0.1) is 11.8 Å². The third kappa shape index (κ3) is 4.19. The van der Waals surface area contributed by atoms with Crippen LogP contribution < -0.4 is 5.32 Å². The zero-order valence-electron chi connectivity index (χ0n) is 14.8. The molecule has 0 bridgehead atoms. The summed E-state index contributed by atoms with van der Waals surface area (Å²) in [6.07, 6.45) is 0.225. The SMILES string of the molecule is C=C1NC(=O)N(C2O[C@H](CC(I)(CC)CC)[C@@H](O)[C@H]2O)C=C1C#CC. The van der Waals surface area contributed by atoms with E-state index in [4.69, 9.17) is 4.74 Å². The Hall–Kier alpha value is -1.08. The van der Waals surface area contributed by atoms with Crippen LogP contribution in [0.5, 0.6) is 0 Å². The number of hydrogen-bond acceptors (Lipinski definition) is 4. The molecule has 1 unspecified atom stereocenters. The molecule has 0 aromatic rings. The minimum Gasteiger partial charge on any atom is -0.388 e. The third-order valence-corrected chi connectivity index (χ3v) is 6.76. The molecule has 138 valence electrons. The Morgan fingerprint density at radius 1 is 1.40 bits per heavy atom. The number of nitrogens with one attached hydrogen (secondary N) is 1. The van der Waals surface area contributed by atoms with Gasteiger partial charge in [0.25, 0.3) is 0 Å². The standard InChI is InChI=1S/C18H25IN2O4/c1-5-8-12-10-21(17(24)20-11(12)4)16-15(23)14(22)13(25-16)9-18(19,6-2)7-3/h10,13-16,22-23H,4,6-7,9H2,1-3H3,(H,20,24)/t13-,14-,15-,16?/m1/s1. The van der Waals surface area contributed by atoms with Crippen LogP contribution in [0.15, 0.2) is 24.0 Å². The maximum Gasteiger partial charge on any atom is 0.328 e. The highest BCUT2D eigenvalue weighted by molar-refractivity contribution is 14.1. The van der Waals surface area contributed by atoms with E-state index in [1.807, 2.05) is 0 Å². The van der Waals surface area contributed by atoms with E-state index in [9.17, 15) is 15.0 Å². The molecule has 0 aromatic carbocycles. The lowest BCUT2D eigenvalue weighted by Crippen LogP contribution is -2.50. The summed E-state index contributed by atoms with van der Waals surface area (Å²) in [7, 11) is 0. The molecule has 0 aliphatic carbocycles. The smallest absolute Gasteiger partial charge is 0.328 e. The Morgan fingerprint density at radius 3 is 2.60 bits per heavy atom. The Kier molecular flexibility index (Phi) is 6.54. The Bertz CT molecular complexity index is 633. The number of carbonyl (C=O) groups excluding carboxylic acids is 1. The first-order chi connectivity index (χ1) is 11.8. The van der Waals surface area contributed by atoms with Crippen molar-refractivity contribution in [3.05, 3.63) is 24.0 Å². The van der Waals surface area contributed by atoms with Gasteiger partial charge in [0.15, 0.2) is 6.23 Å². The molecule has 2 aliphatic heterocycles. The lowest BCUT2D eigenvalue weighted by Gasteiger charge is -2.32. The van der Waals surface area contributed by atoms with Crippen LogP contribution in [0.3, 0.4) is 0 Å². The number of alkyl halides is 1. The predicted octanol–water partition coefficient (Wildman–Crippen LogP) is 2.26. The monoisotopic (exact) mass is 460 g/mol. The van der Waals surface area contributed by atoms with Gasteiger partial charge in [-0.15, -0.1) is 5.92 Å². The van der Waals surface area contributed by atoms with E-state index in [1.165, 1.54) is 11.1 Å². The van der Waals surface area contributed by atoms with Gasteiger partial charge in [-0.1, -0.05) is 48.9 Å². The lowest BCUT2D eigenvalue weighted by atomic mass is 9.93. The third-order valence-electron chi connectivity index (χ3n) is 4.79. The molecule has 2 heterocycles.